The number of hydrogen-bond acceptors (Lipinski definition) is 2. The van der Waals surface area contributed by atoms with E-state index in [2.05, 4.69) is 0 Å². The molecule has 0 bridgehead atoms. The molecule has 1 aliphatic rings. The molecule has 1 aliphatic carbocycles. The van der Waals surface area contributed by atoms with Gasteiger partial charge in [0.1, 0.15) is 0 Å². The van der Waals surface area contributed by atoms with Crippen molar-refractivity contribution in [2.24, 2.45) is 5.41 Å². The molecule has 1 saturated carbocycles. The summed E-state index contributed by atoms with van der Waals surface area (Å²) in [5.74, 6) is 0. The molecule has 0 aliphatic heterocycles. The zero-order valence-corrected chi connectivity index (χ0v) is 8.27. The molecular weight excluding hydrogens is 197 g/mol. The van der Waals surface area contributed by atoms with Gasteiger partial charge in [-0.25, -0.2) is 0 Å². The molecule has 0 radical (unpaired) electrons. The number of rotatable bonds is 3. The molecule has 0 aromatic carbocycles. The minimum absolute atomic E-state index is 0.250. The van der Waals surface area contributed by atoms with Crippen molar-refractivity contribution in [2.75, 3.05) is 6.61 Å². The second kappa shape index (κ2) is 3.70. The summed E-state index contributed by atoms with van der Waals surface area (Å²) in [5, 5.41) is 9.30. The van der Waals surface area contributed by atoms with Crippen LogP contribution in [0.15, 0.2) is 0 Å². The molecule has 0 aromatic rings. The van der Waals surface area contributed by atoms with Crippen LogP contribution in [0.4, 0.5) is 13.2 Å². The summed E-state index contributed by atoms with van der Waals surface area (Å²) >= 11 is 0. The molecule has 1 rings (SSSR count). The Hall–Kier alpha value is -0.290. The second-order valence-electron chi connectivity index (χ2n) is 4.30. The summed E-state index contributed by atoms with van der Waals surface area (Å²) in [7, 11) is 0. The maximum absolute atomic E-state index is 11.8. The third-order valence-corrected chi connectivity index (χ3v) is 2.83. The number of aliphatic hydroxyl groups is 1. The minimum atomic E-state index is -4.16. The molecule has 0 spiro atoms. The molecule has 0 amide bonds. The van der Waals surface area contributed by atoms with Crippen LogP contribution in [0, 0.1) is 5.41 Å². The van der Waals surface area contributed by atoms with Crippen LogP contribution in [0.2, 0.25) is 0 Å². The number of ether oxygens (including phenoxy) is 1. The SMILES string of the molecule is CC1(C)C(O)CC1OCCC(F)(F)F. The largest absolute Gasteiger partial charge is 0.392 e. The first-order valence-electron chi connectivity index (χ1n) is 4.60. The van der Waals surface area contributed by atoms with Crippen LogP contribution in [0.25, 0.3) is 0 Å². The van der Waals surface area contributed by atoms with E-state index >= 15 is 0 Å². The summed E-state index contributed by atoms with van der Waals surface area (Å²) in [6.45, 7) is 3.27. The van der Waals surface area contributed by atoms with Crippen molar-refractivity contribution < 1.29 is 23.0 Å². The fourth-order valence-corrected chi connectivity index (χ4v) is 1.46. The Balaban J connectivity index is 2.22. The van der Waals surface area contributed by atoms with Gasteiger partial charge in [0.05, 0.1) is 25.2 Å². The van der Waals surface area contributed by atoms with Crippen LogP contribution in [-0.4, -0.2) is 30.1 Å². The topological polar surface area (TPSA) is 29.5 Å². The Morgan fingerprint density at radius 2 is 2.00 bits per heavy atom. The monoisotopic (exact) mass is 212 g/mol. The quantitative estimate of drug-likeness (QED) is 0.776. The molecule has 14 heavy (non-hydrogen) atoms. The van der Waals surface area contributed by atoms with Crippen molar-refractivity contribution in [1.82, 2.24) is 0 Å². The molecule has 2 unspecified atom stereocenters. The summed E-state index contributed by atoms with van der Waals surface area (Å²) in [6.07, 6.45) is -5.36. The Labute approximate surface area is 81.1 Å². The normalized spacial score (nSPS) is 31.3. The van der Waals surface area contributed by atoms with Gasteiger partial charge >= 0.3 is 6.18 Å². The van der Waals surface area contributed by atoms with Gasteiger partial charge in [0.25, 0.3) is 0 Å². The zero-order valence-electron chi connectivity index (χ0n) is 8.27. The number of aliphatic hydroxyl groups excluding tert-OH is 1. The molecular formula is C9H15F3O2. The van der Waals surface area contributed by atoms with Crippen LogP contribution in [-0.2, 0) is 4.74 Å². The highest BCUT2D eigenvalue weighted by atomic mass is 19.4. The molecule has 84 valence electrons. The van der Waals surface area contributed by atoms with E-state index in [1.54, 1.807) is 13.8 Å². The van der Waals surface area contributed by atoms with Gasteiger partial charge in [0.2, 0.25) is 0 Å². The average molecular weight is 212 g/mol. The van der Waals surface area contributed by atoms with Gasteiger partial charge < -0.3 is 9.84 Å². The Bertz CT molecular complexity index is 201. The van der Waals surface area contributed by atoms with Gasteiger partial charge in [0.15, 0.2) is 0 Å². The lowest BCUT2D eigenvalue weighted by atomic mass is 9.66. The highest BCUT2D eigenvalue weighted by Gasteiger charge is 2.48. The highest BCUT2D eigenvalue weighted by Crippen LogP contribution is 2.42. The standard InChI is InChI=1S/C9H15F3O2/c1-8(2)6(13)5-7(8)14-4-3-9(10,11)12/h6-7,13H,3-5H2,1-2H3. The number of hydrogen-bond donors (Lipinski definition) is 1. The average Bonchev–Trinajstić information content (AvgIpc) is 2.01. The van der Waals surface area contributed by atoms with E-state index in [0.29, 0.717) is 6.42 Å². The molecule has 2 atom stereocenters. The van der Waals surface area contributed by atoms with Crippen molar-refractivity contribution in [2.45, 2.75) is 45.1 Å². The minimum Gasteiger partial charge on any atom is -0.392 e. The maximum atomic E-state index is 11.8. The van der Waals surface area contributed by atoms with Crippen LogP contribution in [0.1, 0.15) is 26.7 Å². The van der Waals surface area contributed by atoms with Crippen LogP contribution >= 0.6 is 0 Å². The fourth-order valence-electron chi connectivity index (χ4n) is 1.46. The van der Waals surface area contributed by atoms with Gasteiger partial charge in [-0.15, -0.1) is 0 Å². The van der Waals surface area contributed by atoms with E-state index in [4.69, 9.17) is 4.74 Å². The van der Waals surface area contributed by atoms with E-state index in [-0.39, 0.29) is 12.7 Å². The van der Waals surface area contributed by atoms with E-state index in [0.717, 1.165) is 0 Å². The molecule has 0 aromatic heterocycles. The van der Waals surface area contributed by atoms with Crippen molar-refractivity contribution in [3.05, 3.63) is 0 Å². The van der Waals surface area contributed by atoms with Crippen molar-refractivity contribution in [1.29, 1.82) is 0 Å². The number of halogens is 3. The Morgan fingerprint density at radius 1 is 1.43 bits per heavy atom. The summed E-state index contributed by atoms with van der Waals surface area (Å²) in [6, 6.07) is 0. The van der Waals surface area contributed by atoms with Gasteiger partial charge in [-0.1, -0.05) is 13.8 Å². The van der Waals surface area contributed by atoms with Crippen molar-refractivity contribution >= 4 is 0 Å². The first-order chi connectivity index (χ1) is 6.23. The zero-order chi connectivity index (χ0) is 11.0. The molecule has 0 heterocycles. The van der Waals surface area contributed by atoms with Crippen molar-refractivity contribution in [3.63, 3.8) is 0 Å². The molecule has 1 N–H and O–H groups in total. The predicted octanol–water partition coefficient (Wildman–Crippen LogP) is 2.11. The third-order valence-electron chi connectivity index (χ3n) is 2.83. The van der Waals surface area contributed by atoms with E-state index in [1.165, 1.54) is 0 Å². The fraction of sp³-hybridized carbons (Fsp3) is 1.00. The smallest absolute Gasteiger partial charge is 0.391 e. The lowest BCUT2D eigenvalue weighted by molar-refractivity contribution is -0.196. The molecule has 2 nitrogen and oxygen atoms in total. The number of alkyl halides is 3. The molecule has 0 saturated heterocycles. The molecule has 1 fully saturated rings. The van der Waals surface area contributed by atoms with Crippen LogP contribution in [0.3, 0.4) is 0 Å². The van der Waals surface area contributed by atoms with E-state index in [9.17, 15) is 18.3 Å². The van der Waals surface area contributed by atoms with Crippen LogP contribution < -0.4 is 0 Å². The van der Waals surface area contributed by atoms with Gasteiger partial charge in [-0.3, -0.25) is 0 Å². The highest BCUT2D eigenvalue weighted by molar-refractivity contribution is 4.98. The van der Waals surface area contributed by atoms with Gasteiger partial charge in [-0.05, 0) is 0 Å². The maximum Gasteiger partial charge on any atom is 0.391 e. The lowest BCUT2D eigenvalue weighted by Crippen LogP contribution is -2.54. The Kier molecular flexibility index (Phi) is 3.11. The van der Waals surface area contributed by atoms with Gasteiger partial charge in [-0.2, -0.15) is 13.2 Å². The van der Waals surface area contributed by atoms with Crippen LogP contribution in [0.5, 0.6) is 0 Å². The van der Waals surface area contributed by atoms with E-state index < -0.39 is 24.1 Å². The Morgan fingerprint density at radius 3 is 2.36 bits per heavy atom. The van der Waals surface area contributed by atoms with Crippen molar-refractivity contribution in [3.8, 4) is 0 Å². The first-order valence-corrected chi connectivity index (χ1v) is 4.60. The summed E-state index contributed by atoms with van der Waals surface area (Å²) in [5.41, 5.74) is -0.411. The lowest BCUT2D eigenvalue weighted by Gasteiger charge is -2.48. The third kappa shape index (κ3) is 2.60. The predicted molar refractivity (Wildman–Crippen MR) is 44.8 cm³/mol. The summed E-state index contributed by atoms with van der Waals surface area (Å²) in [4.78, 5) is 0. The molecule has 5 heteroatoms. The van der Waals surface area contributed by atoms with Gasteiger partial charge in [0, 0.05) is 11.8 Å². The summed E-state index contributed by atoms with van der Waals surface area (Å²) < 4.78 is 40.4. The first kappa shape index (κ1) is 11.8. The second-order valence-corrected chi connectivity index (χ2v) is 4.30. The van der Waals surface area contributed by atoms with E-state index in [1.807, 2.05) is 0 Å².